The fraction of sp³-hybridized carbons (Fsp3) is 0.379. The number of fused-ring (bicyclic) bond motifs is 1. The molecule has 232 valence electrons. The standard InChI is InChI=1S/C29H27F5N6O3S/c1-5-14-11-44-25-20(21-17(30)8-18(31)22-23(21)36-27(42)35-22)16(29(32,33)34)7-15-24(25)40(14)28(43)37-26(15)38-9-12(3)39(13(4)10-38)19(41)6-2/h6-8,12-14H,2,5,9-11H2,1,3-4H3,(H2,35,36,42)/t12-,13+,14-/m0/s1. The first kappa shape index (κ1) is 29.9. The number of alkyl halides is 3. The van der Waals surface area contributed by atoms with Gasteiger partial charge in [0.25, 0.3) is 0 Å². The van der Waals surface area contributed by atoms with Crippen LogP contribution in [0, 0.1) is 11.6 Å². The summed E-state index contributed by atoms with van der Waals surface area (Å²) in [6, 6.07) is 0.0857. The number of amides is 1. The maximum Gasteiger partial charge on any atom is 0.417 e. The fourth-order valence-electron chi connectivity index (χ4n) is 6.51. The number of anilines is 1. The van der Waals surface area contributed by atoms with E-state index in [1.54, 1.807) is 23.6 Å². The zero-order chi connectivity index (χ0) is 31.8. The van der Waals surface area contributed by atoms with Crippen molar-refractivity contribution in [3.63, 3.8) is 0 Å². The molecule has 2 aliphatic rings. The molecule has 2 aromatic carbocycles. The number of thioether (sulfide) groups is 1. The average Bonchev–Trinajstić information content (AvgIpc) is 3.35. The number of hydrogen-bond donors (Lipinski definition) is 2. The highest BCUT2D eigenvalue weighted by Gasteiger charge is 2.41. The molecular weight excluding hydrogens is 607 g/mol. The molecule has 0 unspecified atom stereocenters. The summed E-state index contributed by atoms with van der Waals surface area (Å²) in [5, 5.41) is 0.0329. The van der Waals surface area contributed by atoms with Crippen molar-refractivity contribution in [1.82, 2.24) is 24.4 Å². The number of benzene rings is 2. The quantitative estimate of drug-likeness (QED) is 0.236. The largest absolute Gasteiger partial charge is 0.417 e. The molecule has 44 heavy (non-hydrogen) atoms. The summed E-state index contributed by atoms with van der Waals surface area (Å²) in [6.45, 7) is 9.29. The van der Waals surface area contributed by atoms with E-state index in [-0.39, 0.29) is 58.4 Å². The summed E-state index contributed by atoms with van der Waals surface area (Å²) in [4.78, 5) is 50.3. The van der Waals surface area contributed by atoms with Crippen LogP contribution < -0.4 is 16.3 Å². The molecule has 3 atom stereocenters. The number of nitrogens with zero attached hydrogens (tertiary/aromatic N) is 4. The van der Waals surface area contributed by atoms with Gasteiger partial charge in [0.05, 0.1) is 16.6 Å². The highest BCUT2D eigenvalue weighted by atomic mass is 32.2. The summed E-state index contributed by atoms with van der Waals surface area (Å²) in [6.07, 6.45) is -3.37. The van der Waals surface area contributed by atoms with Gasteiger partial charge in [-0.2, -0.15) is 18.2 Å². The van der Waals surface area contributed by atoms with E-state index in [2.05, 4.69) is 21.5 Å². The number of H-pyrrole nitrogens is 2. The Hall–Kier alpha value is -4.14. The van der Waals surface area contributed by atoms with E-state index in [0.717, 1.165) is 17.8 Å². The first-order chi connectivity index (χ1) is 20.8. The second-order valence-electron chi connectivity index (χ2n) is 11.1. The number of aromatic amines is 2. The molecule has 0 bridgehead atoms. The minimum atomic E-state index is -5.03. The molecule has 2 N–H and O–H groups in total. The number of imidazole rings is 1. The second-order valence-corrected chi connectivity index (χ2v) is 12.1. The van der Waals surface area contributed by atoms with Crippen LogP contribution in [0.25, 0.3) is 33.1 Å². The lowest BCUT2D eigenvalue weighted by Gasteiger charge is -2.45. The summed E-state index contributed by atoms with van der Waals surface area (Å²) in [5.74, 6) is -2.54. The lowest BCUT2D eigenvalue weighted by molar-refractivity contribution is -0.137. The van der Waals surface area contributed by atoms with Gasteiger partial charge in [0.2, 0.25) is 5.91 Å². The number of piperazine rings is 1. The summed E-state index contributed by atoms with van der Waals surface area (Å²) in [5.41, 5.74) is -4.86. The van der Waals surface area contributed by atoms with Gasteiger partial charge in [-0.3, -0.25) is 9.36 Å². The monoisotopic (exact) mass is 634 g/mol. The Morgan fingerprint density at radius 3 is 2.36 bits per heavy atom. The van der Waals surface area contributed by atoms with Gasteiger partial charge in [0.1, 0.15) is 17.2 Å². The fourth-order valence-corrected chi connectivity index (χ4v) is 7.95. The summed E-state index contributed by atoms with van der Waals surface area (Å²) in [7, 11) is 0. The average molecular weight is 635 g/mol. The summed E-state index contributed by atoms with van der Waals surface area (Å²) >= 11 is 1.03. The van der Waals surface area contributed by atoms with E-state index in [4.69, 9.17) is 0 Å². The van der Waals surface area contributed by atoms with Crippen LogP contribution in [0.2, 0.25) is 0 Å². The molecular formula is C29H27F5N6O3S. The summed E-state index contributed by atoms with van der Waals surface area (Å²) < 4.78 is 76.5. The molecule has 1 amide bonds. The van der Waals surface area contributed by atoms with Crippen molar-refractivity contribution in [1.29, 1.82) is 0 Å². The molecule has 0 spiro atoms. The molecule has 2 aromatic heterocycles. The van der Waals surface area contributed by atoms with Gasteiger partial charge in [-0.1, -0.05) is 13.5 Å². The molecule has 1 saturated heterocycles. The third kappa shape index (κ3) is 4.50. The van der Waals surface area contributed by atoms with Crippen molar-refractivity contribution in [2.45, 2.75) is 56.4 Å². The van der Waals surface area contributed by atoms with Crippen molar-refractivity contribution in [2.24, 2.45) is 0 Å². The zero-order valence-corrected chi connectivity index (χ0v) is 24.6. The predicted octanol–water partition coefficient (Wildman–Crippen LogP) is 5.20. The van der Waals surface area contributed by atoms with Crippen molar-refractivity contribution >= 4 is 45.4 Å². The molecule has 4 heterocycles. The van der Waals surface area contributed by atoms with Gasteiger partial charge in [0, 0.05) is 64.4 Å². The first-order valence-corrected chi connectivity index (χ1v) is 14.9. The third-order valence-corrected chi connectivity index (χ3v) is 9.55. The van der Waals surface area contributed by atoms with Crippen molar-refractivity contribution in [2.75, 3.05) is 23.7 Å². The van der Waals surface area contributed by atoms with Crippen molar-refractivity contribution in [3.05, 3.63) is 63.0 Å². The van der Waals surface area contributed by atoms with Crippen molar-refractivity contribution in [3.8, 4) is 11.1 Å². The second kappa shape index (κ2) is 10.5. The lowest BCUT2D eigenvalue weighted by Crippen LogP contribution is -2.58. The molecule has 4 aromatic rings. The Labute approximate surface area is 250 Å². The van der Waals surface area contributed by atoms with Crippen LogP contribution in [0.4, 0.5) is 27.8 Å². The van der Waals surface area contributed by atoms with Gasteiger partial charge in [-0.25, -0.2) is 18.4 Å². The Balaban J connectivity index is 1.71. The van der Waals surface area contributed by atoms with Gasteiger partial charge in [-0.15, -0.1) is 11.8 Å². The van der Waals surface area contributed by atoms with Crippen LogP contribution in [-0.4, -0.2) is 61.3 Å². The Bertz CT molecular complexity index is 1970. The minimum Gasteiger partial charge on any atom is -0.352 e. The topological polar surface area (TPSA) is 107 Å². The number of nitrogens with one attached hydrogen (secondary N) is 2. The molecule has 1 fully saturated rings. The van der Waals surface area contributed by atoms with E-state index in [9.17, 15) is 31.9 Å². The normalized spacial score (nSPS) is 20.5. The SMILES string of the molecule is C=CC(=O)N1[C@H](C)CN(c2nc(=O)n3c4c(c(-c5c(F)cc(F)c6[nH]c(=O)[nH]c56)c(C(F)(F)F)cc24)SC[C@@H]3CC)C[C@@H]1C. The number of carbonyl (C=O) groups excluding carboxylic acids is 1. The highest BCUT2D eigenvalue weighted by molar-refractivity contribution is 7.99. The van der Waals surface area contributed by atoms with Crippen LogP contribution in [-0.2, 0) is 11.0 Å². The van der Waals surface area contributed by atoms with Crippen LogP contribution >= 0.6 is 11.8 Å². The smallest absolute Gasteiger partial charge is 0.352 e. The number of halogens is 5. The minimum absolute atomic E-state index is 0.0149. The van der Waals surface area contributed by atoms with Gasteiger partial charge >= 0.3 is 17.6 Å². The maximum absolute atomic E-state index is 15.6. The van der Waals surface area contributed by atoms with Gasteiger partial charge < -0.3 is 19.8 Å². The van der Waals surface area contributed by atoms with E-state index in [1.165, 1.54) is 10.6 Å². The number of aromatic nitrogens is 4. The third-order valence-electron chi connectivity index (χ3n) is 8.31. The van der Waals surface area contributed by atoms with Crippen LogP contribution in [0.15, 0.2) is 39.3 Å². The number of rotatable bonds is 4. The van der Waals surface area contributed by atoms with Gasteiger partial charge in [-0.05, 0) is 32.4 Å². The van der Waals surface area contributed by atoms with E-state index < -0.39 is 63.0 Å². The van der Waals surface area contributed by atoms with Gasteiger partial charge in [0.15, 0.2) is 5.82 Å². The molecule has 2 aliphatic heterocycles. The van der Waals surface area contributed by atoms with Crippen LogP contribution in [0.5, 0.6) is 0 Å². The Morgan fingerprint density at radius 2 is 1.75 bits per heavy atom. The maximum atomic E-state index is 15.6. The molecule has 0 radical (unpaired) electrons. The molecule has 0 saturated carbocycles. The lowest BCUT2D eigenvalue weighted by atomic mass is 9.94. The number of carbonyl (C=O) groups is 1. The van der Waals surface area contributed by atoms with Crippen LogP contribution in [0.3, 0.4) is 0 Å². The first-order valence-electron chi connectivity index (χ1n) is 13.9. The Morgan fingerprint density at radius 1 is 1.09 bits per heavy atom. The molecule has 0 aliphatic carbocycles. The van der Waals surface area contributed by atoms with Crippen LogP contribution in [0.1, 0.15) is 38.8 Å². The highest BCUT2D eigenvalue weighted by Crippen LogP contribution is 2.51. The Kier molecular flexibility index (Phi) is 7.13. The van der Waals surface area contributed by atoms with E-state index in [1.807, 2.05) is 6.92 Å². The molecule has 9 nitrogen and oxygen atoms in total. The predicted molar refractivity (Wildman–Crippen MR) is 157 cm³/mol. The molecule has 6 rings (SSSR count). The van der Waals surface area contributed by atoms with Crippen molar-refractivity contribution < 1.29 is 26.7 Å². The van der Waals surface area contributed by atoms with E-state index in [0.29, 0.717) is 12.5 Å². The molecule has 15 heteroatoms. The van der Waals surface area contributed by atoms with E-state index >= 15 is 4.39 Å². The zero-order valence-electron chi connectivity index (χ0n) is 23.8. The number of hydrogen-bond acceptors (Lipinski definition) is 6.